The SMILES string of the molecule is Cc1ccc(F)cc1CCCCCl. The summed E-state index contributed by atoms with van der Waals surface area (Å²) in [4.78, 5) is 0. The number of unbranched alkanes of at least 4 members (excludes halogenated alkanes) is 1. The molecule has 0 saturated heterocycles. The van der Waals surface area contributed by atoms with Crippen molar-refractivity contribution < 1.29 is 4.39 Å². The quantitative estimate of drug-likeness (QED) is 0.514. The van der Waals surface area contributed by atoms with Crippen LogP contribution in [0.2, 0.25) is 0 Å². The molecule has 0 fully saturated rings. The minimum atomic E-state index is -0.147. The van der Waals surface area contributed by atoms with Crippen molar-refractivity contribution in [1.29, 1.82) is 0 Å². The molecule has 72 valence electrons. The Morgan fingerprint density at radius 1 is 1.31 bits per heavy atom. The third-order valence-electron chi connectivity index (χ3n) is 2.14. The second-order valence-corrected chi connectivity index (χ2v) is 3.59. The topological polar surface area (TPSA) is 0 Å². The van der Waals surface area contributed by atoms with Crippen molar-refractivity contribution in [2.24, 2.45) is 0 Å². The summed E-state index contributed by atoms with van der Waals surface area (Å²) in [5, 5.41) is 0. The fourth-order valence-electron chi connectivity index (χ4n) is 1.32. The van der Waals surface area contributed by atoms with E-state index < -0.39 is 0 Å². The van der Waals surface area contributed by atoms with Gasteiger partial charge in [0.1, 0.15) is 5.82 Å². The van der Waals surface area contributed by atoms with Crippen LogP contribution in [0.5, 0.6) is 0 Å². The molecule has 0 aliphatic carbocycles. The summed E-state index contributed by atoms with van der Waals surface area (Å²) >= 11 is 5.56. The molecule has 1 rings (SSSR count). The molecular weight excluding hydrogens is 187 g/mol. The van der Waals surface area contributed by atoms with Crippen molar-refractivity contribution in [1.82, 2.24) is 0 Å². The number of halogens is 2. The van der Waals surface area contributed by atoms with E-state index in [2.05, 4.69) is 0 Å². The predicted octanol–water partition coefficient (Wildman–Crippen LogP) is 3.70. The van der Waals surface area contributed by atoms with Crippen LogP contribution in [0.3, 0.4) is 0 Å². The van der Waals surface area contributed by atoms with Crippen molar-refractivity contribution in [2.45, 2.75) is 26.2 Å². The van der Waals surface area contributed by atoms with E-state index in [4.69, 9.17) is 11.6 Å². The van der Waals surface area contributed by atoms with Gasteiger partial charge in [-0.25, -0.2) is 4.39 Å². The van der Waals surface area contributed by atoms with Crippen LogP contribution in [0.25, 0.3) is 0 Å². The Kier molecular flexibility index (Phi) is 4.23. The molecule has 13 heavy (non-hydrogen) atoms. The first-order valence-electron chi connectivity index (χ1n) is 4.55. The van der Waals surface area contributed by atoms with Crippen LogP contribution >= 0.6 is 11.6 Å². The van der Waals surface area contributed by atoms with E-state index in [-0.39, 0.29) is 5.82 Å². The van der Waals surface area contributed by atoms with Crippen molar-refractivity contribution in [3.8, 4) is 0 Å². The van der Waals surface area contributed by atoms with Crippen LogP contribution in [0.1, 0.15) is 24.0 Å². The molecule has 0 atom stereocenters. The number of aryl methyl sites for hydroxylation is 2. The van der Waals surface area contributed by atoms with Gasteiger partial charge in [-0.3, -0.25) is 0 Å². The Labute approximate surface area is 83.7 Å². The Hall–Kier alpha value is -0.560. The third kappa shape index (κ3) is 3.35. The molecule has 2 heteroatoms. The molecule has 0 unspecified atom stereocenters. The van der Waals surface area contributed by atoms with E-state index in [1.807, 2.05) is 13.0 Å². The van der Waals surface area contributed by atoms with E-state index in [0.29, 0.717) is 5.88 Å². The molecule has 0 aromatic heterocycles. The molecule has 0 saturated carbocycles. The summed E-state index contributed by atoms with van der Waals surface area (Å²) in [7, 11) is 0. The minimum absolute atomic E-state index is 0.147. The van der Waals surface area contributed by atoms with E-state index in [0.717, 1.165) is 30.4 Å². The normalized spacial score (nSPS) is 10.4. The van der Waals surface area contributed by atoms with Crippen LogP contribution in [0.15, 0.2) is 18.2 Å². The molecule has 1 aromatic carbocycles. The molecule has 0 bridgehead atoms. The maximum Gasteiger partial charge on any atom is 0.123 e. The summed E-state index contributed by atoms with van der Waals surface area (Å²) in [6.45, 7) is 2.01. The summed E-state index contributed by atoms with van der Waals surface area (Å²) in [6.07, 6.45) is 2.96. The van der Waals surface area contributed by atoms with Crippen LogP contribution in [-0.2, 0) is 6.42 Å². The van der Waals surface area contributed by atoms with Gasteiger partial charge in [0.2, 0.25) is 0 Å². The zero-order valence-electron chi connectivity index (χ0n) is 7.82. The van der Waals surface area contributed by atoms with Crippen molar-refractivity contribution >= 4 is 11.6 Å². The fourth-order valence-corrected chi connectivity index (χ4v) is 1.51. The summed E-state index contributed by atoms with van der Waals surface area (Å²) in [5.74, 6) is 0.542. The zero-order chi connectivity index (χ0) is 9.68. The maximum atomic E-state index is 12.8. The van der Waals surface area contributed by atoms with Gasteiger partial charge in [-0.2, -0.15) is 0 Å². The smallest absolute Gasteiger partial charge is 0.123 e. The Balaban J connectivity index is 2.59. The highest BCUT2D eigenvalue weighted by molar-refractivity contribution is 6.17. The standard InChI is InChI=1S/C11H14ClF/c1-9-5-6-11(13)8-10(9)4-2-3-7-12/h5-6,8H,2-4,7H2,1H3. The van der Waals surface area contributed by atoms with Crippen LogP contribution < -0.4 is 0 Å². The highest BCUT2D eigenvalue weighted by atomic mass is 35.5. The second-order valence-electron chi connectivity index (χ2n) is 3.22. The molecular formula is C11H14ClF. The average molecular weight is 201 g/mol. The molecule has 0 spiro atoms. The fraction of sp³-hybridized carbons (Fsp3) is 0.455. The van der Waals surface area contributed by atoms with Crippen LogP contribution in [0.4, 0.5) is 4.39 Å². The summed E-state index contributed by atoms with van der Waals surface area (Å²) < 4.78 is 12.8. The molecule has 0 nitrogen and oxygen atoms in total. The van der Waals surface area contributed by atoms with Gasteiger partial charge in [0, 0.05) is 5.88 Å². The van der Waals surface area contributed by atoms with Crippen molar-refractivity contribution in [3.63, 3.8) is 0 Å². The lowest BCUT2D eigenvalue weighted by atomic mass is 10.0. The maximum absolute atomic E-state index is 12.8. The molecule has 0 radical (unpaired) electrons. The minimum Gasteiger partial charge on any atom is -0.207 e. The van der Waals surface area contributed by atoms with E-state index in [1.54, 1.807) is 6.07 Å². The van der Waals surface area contributed by atoms with Gasteiger partial charge < -0.3 is 0 Å². The summed E-state index contributed by atoms with van der Waals surface area (Å²) in [5.41, 5.74) is 2.26. The first-order valence-corrected chi connectivity index (χ1v) is 5.08. The molecule has 0 heterocycles. The van der Waals surface area contributed by atoms with Crippen molar-refractivity contribution in [2.75, 3.05) is 5.88 Å². The lowest BCUT2D eigenvalue weighted by molar-refractivity contribution is 0.623. The van der Waals surface area contributed by atoms with Gasteiger partial charge in [-0.1, -0.05) is 6.07 Å². The van der Waals surface area contributed by atoms with Crippen LogP contribution in [-0.4, -0.2) is 5.88 Å². The highest BCUT2D eigenvalue weighted by Crippen LogP contribution is 2.13. The van der Waals surface area contributed by atoms with Gasteiger partial charge in [0.05, 0.1) is 0 Å². The third-order valence-corrected chi connectivity index (χ3v) is 2.41. The lowest BCUT2D eigenvalue weighted by Gasteiger charge is -2.04. The number of benzene rings is 1. The Morgan fingerprint density at radius 2 is 2.08 bits per heavy atom. The first kappa shape index (κ1) is 10.5. The van der Waals surface area contributed by atoms with Gasteiger partial charge >= 0.3 is 0 Å². The van der Waals surface area contributed by atoms with Gasteiger partial charge in [0.15, 0.2) is 0 Å². The Bertz CT molecular complexity index is 271. The number of rotatable bonds is 4. The van der Waals surface area contributed by atoms with Gasteiger partial charge in [-0.05, 0) is 49.4 Å². The van der Waals surface area contributed by atoms with Crippen LogP contribution in [0, 0.1) is 12.7 Å². The molecule has 0 aliphatic heterocycles. The monoisotopic (exact) mass is 200 g/mol. The highest BCUT2D eigenvalue weighted by Gasteiger charge is 1.99. The molecule has 0 aliphatic rings. The lowest BCUT2D eigenvalue weighted by Crippen LogP contribution is -1.91. The molecule has 0 N–H and O–H groups in total. The molecule has 1 aromatic rings. The number of alkyl halides is 1. The number of hydrogen-bond donors (Lipinski definition) is 0. The van der Waals surface area contributed by atoms with E-state index >= 15 is 0 Å². The van der Waals surface area contributed by atoms with Gasteiger partial charge in [-0.15, -0.1) is 11.6 Å². The van der Waals surface area contributed by atoms with E-state index in [9.17, 15) is 4.39 Å². The number of hydrogen-bond acceptors (Lipinski definition) is 0. The van der Waals surface area contributed by atoms with Gasteiger partial charge in [0.25, 0.3) is 0 Å². The predicted molar refractivity (Wildman–Crippen MR) is 54.8 cm³/mol. The van der Waals surface area contributed by atoms with Crippen molar-refractivity contribution in [3.05, 3.63) is 35.1 Å². The molecule has 0 amide bonds. The average Bonchev–Trinajstić information content (AvgIpc) is 2.11. The largest absolute Gasteiger partial charge is 0.207 e. The Morgan fingerprint density at radius 3 is 2.77 bits per heavy atom. The second kappa shape index (κ2) is 5.23. The summed E-state index contributed by atoms with van der Waals surface area (Å²) in [6, 6.07) is 4.94. The first-order chi connectivity index (χ1) is 6.24. The zero-order valence-corrected chi connectivity index (χ0v) is 8.57. The van der Waals surface area contributed by atoms with E-state index in [1.165, 1.54) is 6.07 Å².